The highest BCUT2D eigenvalue weighted by Gasteiger charge is 2.03. The Labute approximate surface area is 149 Å². The van der Waals surface area contributed by atoms with Crippen molar-refractivity contribution in [1.82, 2.24) is 0 Å². The molecule has 0 aromatic heterocycles. The van der Waals surface area contributed by atoms with Crippen LogP contribution in [0.4, 0.5) is 0 Å². The maximum absolute atomic E-state index is 11.7. The van der Waals surface area contributed by atoms with E-state index in [1.807, 2.05) is 11.5 Å². The normalized spacial score (nSPS) is 12.3. The summed E-state index contributed by atoms with van der Waals surface area (Å²) in [5, 5.41) is 1.91. The molecule has 0 saturated heterocycles. The van der Waals surface area contributed by atoms with Gasteiger partial charge in [0.1, 0.15) is 0 Å². The zero-order valence-corrected chi connectivity index (χ0v) is 16.2. The van der Waals surface area contributed by atoms with E-state index in [4.69, 9.17) is 9.47 Å². The number of ether oxygens (including phenoxy) is 2. The molecule has 0 spiro atoms. The third-order valence-corrected chi connectivity index (χ3v) is 5.92. The second-order valence-electron chi connectivity index (χ2n) is 4.42. The number of carbonyl (C=O) groups excluding carboxylic acids is 2. The molecule has 0 amide bonds. The number of esters is 2. The van der Waals surface area contributed by atoms with Crippen molar-refractivity contribution >= 4 is 44.3 Å². The molecule has 0 aromatic rings. The lowest BCUT2D eigenvalue weighted by molar-refractivity contribution is -0.144. The van der Waals surface area contributed by atoms with Gasteiger partial charge in [0, 0.05) is 40.9 Å². The topological polar surface area (TPSA) is 69.7 Å². The van der Waals surface area contributed by atoms with Gasteiger partial charge in [-0.2, -0.15) is 0 Å². The van der Waals surface area contributed by atoms with Crippen LogP contribution in [0.3, 0.4) is 0 Å². The van der Waals surface area contributed by atoms with Crippen LogP contribution in [0.25, 0.3) is 0 Å². The standard InChI is InChI=1S/C15H26O5S3/c1-3-19-14(16)8-5-10-21-22-11-7-13-23(18)12-6-9-15(17)20-4-2/h7,11H,3-6,8-10,12-13H2,1-2H3/b11-7+. The average molecular weight is 383 g/mol. The monoisotopic (exact) mass is 382 g/mol. The van der Waals surface area contributed by atoms with Gasteiger partial charge in [-0.15, -0.1) is 0 Å². The van der Waals surface area contributed by atoms with Gasteiger partial charge in [-0.3, -0.25) is 13.8 Å². The lowest BCUT2D eigenvalue weighted by Gasteiger charge is -2.01. The minimum Gasteiger partial charge on any atom is -0.466 e. The Balaban J connectivity index is 3.46. The molecule has 0 aliphatic carbocycles. The third kappa shape index (κ3) is 16.2. The molecule has 1 unspecified atom stereocenters. The molecule has 0 aliphatic rings. The molecule has 0 fully saturated rings. The van der Waals surface area contributed by atoms with Crippen molar-refractivity contribution in [1.29, 1.82) is 0 Å². The highest BCUT2D eigenvalue weighted by atomic mass is 33.1. The van der Waals surface area contributed by atoms with Crippen LogP contribution in [0.5, 0.6) is 0 Å². The fourth-order valence-electron chi connectivity index (χ4n) is 1.48. The lowest BCUT2D eigenvalue weighted by atomic mass is 10.3. The van der Waals surface area contributed by atoms with Crippen molar-refractivity contribution < 1.29 is 23.3 Å². The van der Waals surface area contributed by atoms with Crippen molar-refractivity contribution in [2.24, 2.45) is 0 Å². The van der Waals surface area contributed by atoms with E-state index in [-0.39, 0.29) is 11.9 Å². The number of carbonyl (C=O) groups is 2. The first-order valence-corrected chi connectivity index (χ1v) is 11.6. The van der Waals surface area contributed by atoms with E-state index in [9.17, 15) is 13.8 Å². The largest absolute Gasteiger partial charge is 0.466 e. The van der Waals surface area contributed by atoms with Crippen molar-refractivity contribution in [2.75, 3.05) is 30.5 Å². The minimum atomic E-state index is -0.936. The van der Waals surface area contributed by atoms with Gasteiger partial charge in [-0.1, -0.05) is 27.7 Å². The Morgan fingerprint density at radius 3 is 2.26 bits per heavy atom. The predicted octanol–water partition coefficient (Wildman–Crippen LogP) is 3.32. The van der Waals surface area contributed by atoms with E-state index >= 15 is 0 Å². The van der Waals surface area contributed by atoms with Crippen LogP contribution in [-0.2, 0) is 29.9 Å². The Bertz CT molecular complexity index is 385. The van der Waals surface area contributed by atoms with E-state index in [2.05, 4.69) is 0 Å². The summed E-state index contributed by atoms with van der Waals surface area (Å²) in [6.45, 7) is 4.39. The first-order chi connectivity index (χ1) is 11.1. The van der Waals surface area contributed by atoms with E-state index in [1.54, 1.807) is 35.4 Å². The molecule has 0 rings (SSSR count). The van der Waals surface area contributed by atoms with E-state index in [1.165, 1.54) is 0 Å². The molecule has 0 N–H and O–H groups in total. The summed E-state index contributed by atoms with van der Waals surface area (Å²) in [5.74, 6) is 1.51. The first kappa shape index (κ1) is 22.5. The number of hydrogen-bond acceptors (Lipinski definition) is 7. The SMILES string of the molecule is CCOC(=O)CCCSS/C=C/CS(=O)CCCC(=O)OCC. The van der Waals surface area contributed by atoms with Crippen LogP contribution >= 0.6 is 21.6 Å². The number of rotatable bonds is 14. The van der Waals surface area contributed by atoms with Gasteiger partial charge >= 0.3 is 11.9 Å². The van der Waals surface area contributed by atoms with Crippen LogP contribution in [0.15, 0.2) is 11.5 Å². The fraction of sp³-hybridized carbons (Fsp3) is 0.733. The predicted molar refractivity (Wildman–Crippen MR) is 98.8 cm³/mol. The molecular weight excluding hydrogens is 356 g/mol. The Morgan fingerprint density at radius 1 is 1.04 bits per heavy atom. The molecule has 0 heterocycles. The summed E-state index contributed by atoms with van der Waals surface area (Å²) in [5.41, 5.74) is 0. The first-order valence-electron chi connectivity index (χ1n) is 7.69. The van der Waals surface area contributed by atoms with E-state index in [0.717, 1.165) is 12.2 Å². The maximum Gasteiger partial charge on any atom is 0.305 e. The zero-order valence-electron chi connectivity index (χ0n) is 13.8. The molecular formula is C15H26O5S3. The van der Waals surface area contributed by atoms with Crippen molar-refractivity contribution in [3.63, 3.8) is 0 Å². The van der Waals surface area contributed by atoms with Crippen LogP contribution in [0.1, 0.15) is 39.5 Å². The van der Waals surface area contributed by atoms with Gasteiger partial charge in [0.15, 0.2) is 0 Å². The minimum absolute atomic E-state index is 0.146. The molecule has 0 radical (unpaired) electrons. The van der Waals surface area contributed by atoms with Crippen molar-refractivity contribution in [2.45, 2.75) is 39.5 Å². The fourth-order valence-corrected chi connectivity index (χ4v) is 4.27. The molecule has 0 aromatic carbocycles. The van der Waals surface area contributed by atoms with Crippen molar-refractivity contribution in [3.8, 4) is 0 Å². The Kier molecular flexibility index (Phi) is 16.1. The smallest absolute Gasteiger partial charge is 0.305 e. The molecule has 8 heteroatoms. The van der Waals surface area contributed by atoms with Gasteiger partial charge in [0.25, 0.3) is 0 Å². The van der Waals surface area contributed by atoms with Gasteiger partial charge < -0.3 is 9.47 Å². The molecule has 0 aliphatic heterocycles. The highest BCUT2D eigenvalue weighted by Crippen LogP contribution is 2.23. The van der Waals surface area contributed by atoms with Gasteiger partial charge in [0.2, 0.25) is 0 Å². The second-order valence-corrected chi connectivity index (χ2v) is 8.43. The van der Waals surface area contributed by atoms with Crippen molar-refractivity contribution in [3.05, 3.63) is 11.5 Å². The van der Waals surface area contributed by atoms with Gasteiger partial charge in [-0.05, 0) is 32.1 Å². The van der Waals surface area contributed by atoms with Crippen LogP contribution < -0.4 is 0 Å². The quantitative estimate of drug-likeness (QED) is 0.259. The summed E-state index contributed by atoms with van der Waals surface area (Å²) in [6.07, 6.45) is 4.05. The summed E-state index contributed by atoms with van der Waals surface area (Å²) >= 11 is 0. The lowest BCUT2D eigenvalue weighted by Crippen LogP contribution is -2.07. The molecule has 0 bridgehead atoms. The van der Waals surface area contributed by atoms with E-state index < -0.39 is 10.8 Å². The van der Waals surface area contributed by atoms with Crippen LogP contribution in [-0.4, -0.2) is 46.6 Å². The third-order valence-electron chi connectivity index (χ3n) is 2.47. The summed E-state index contributed by atoms with van der Waals surface area (Å²) in [4.78, 5) is 22.2. The number of hydrogen-bond donors (Lipinski definition) is 0. The van der Waals surface area contributed by atoms with Crippen LogP contribution in [0, 0.1) is 0 Å². The van der Waals surface area contributed by atoms with E-state index in [0.29, 0.717) is 44.0 Å². The molecule has 1 atom stereocenters. The Hall–Kier alpha value is -0.470. The van der Waals surface area contributed by atoms with Gasteiger partial charge in [0.05, 0.1) is 13.2 Å². The zero-order chi connectivity index (χ0) is 17.3. The Morgan fingerprint density at radius 2 is 1.65 bits per heavy atom. The molecule has 5 nitrogen and oxygen atoms in total. The average Bonchev–Trinajstić information content (AvgIpc) is 2.50. The molecule has 23 heavy (non-hydrogen) atoms. The maximum atomic E-state index is 11.7. The van der Waals surface area contributed by atoms with Crippen LogP contribution in [0.2, 0.25) is 0 Å². The summed E-state index contributed by atoms with van der Waals surface area (Å²) < 4.78 is 21.3. The highest BCUT2D eigenvalue weighted by molar-refractivity contribution is 8.77. The second kappa shape index (κ2) is 16.4. The molecule has 134 valence electrons. The molecule has 0 saturated carbocycles. The summed E-state index contributed by atoms with van der Waals surface area (Å²) in [7, 11) is 2.29. The van der Waals surface area contributed by atoms with Gasteiger partial charge in [-0.25, -0.2) is 0 Å². The summed E-state index contributed by atoms with van der Waals surface area (Å²) in [6, 6.07) is 0.